The van der Waals surface area contributed by atoms with Gasteiger partial charge in [0, 0.05) is 13.6 Å². The summed E-state index contributed by atoms with van der Waals surface area (Å²) in [5.74, 6) is 0.396. The van der Waals surface area contributed by atoms with Gasteiger partial charge in [0.15, 0.2) is 11.5 Å². The van der Waals surface area contributed by atoms with Crippen molar-refractivity contribution in [2.24, 2.45) is 0 Å². The molecule has 1 atom stereocenters. The molecule has 35 heavy (non-hydrogen) atoms. The molecule has 2 aliphatic rings. The molecule has 12 heteroatoms. The van der Waals surface area contributed by atoms with Gasteiger partial charge in [-0.25, -0.2) is 9.48 Å². The van der Waals surface area contributed by atoms with Crippen LogP contribution in [0, 0.1) is 0 Å². The molecule has 0 radical (unpaired) electrons. The van der Waals surface area contributed by atoms with Crippen LogP contribution in [0.25, 0.3) is 5.69 Å². The molecular weight excluding hydrogens is 454 g/mol. The molecule has 5 rings (SSSR count). The lowest BCUT2D eigenvalue weighted by Gasteiger charge is -2.24. The van der Waals surface area contributed by atoms with Crippen LogP contribution in [0.1, 0.15) is 18.1 Å². The second kappa shape index (κ2) is 8.70. The van der Waals surface area contributed by atoms with Crippen molar-refractivity contribution >= 4 is 17.8 Å². The Morgan fingerprint density at radius 2 is 1.94 bits per heavy atom. The molecule has 12 nitrogen and oxygen atoms in total. The highest BCUT2D eigenvalue weighted by Gasteiger charge is 2.49. The molecule has 2 aromatic carbocycles. The van der Waals surface area contributed by atoms with Crippen molar-refractivity contribution in [3.05, 3.63) is 59.9 Å². The fourth-order valence-corrected chi connectivity index (χ4v) is 4.08. The van der Waals surface area contributed by atoms with Gasteiger partial charge in [-0.05, 0) is 52.7 Å². The van der Waals surface area contributed by atoms with E-state index in [4.69, 9.17) is 9.47 Å². The molecule has 0 saturated carbocycles. The van der Waals surface area contributed by atoms with Gasteiger partial charge in [-0.1, -0.05) is 18.2 Å². The Labute approximate surface area is 200 Å². The minimum atomic E-state index is -1.34. The average molecular weight is 477 g/mol. The summed E-state index contributed by atoms with van der Waals surface area (Å²) in [6.07, 6.45) is 1.43. The standard InChI is InChI=1S/C23H23N7O5/c1-23(16-4-3-5-17(11-16)30-14-24-26-27-30)21(32)29(22(33)25-23)13-20(31)28(2)12-15-6-7-18-19(10-15)35-9-8-34-18/h3-7,10-11,14H,8-9,12-13H2,1-2H3,(H,25,33)/t23-/m1/s1. The molecule has 3 heterocycles. The van der Waals surface area contributed by atoms with Crippen LogP contribution < -0.4 is 14.8 Å². The highest BCUT2D eigenvalue weighted by Crippen LogP contribution is 2.32. The number of hydrogen-bond acceptors (Lipinski definition) is 8. The SMILES string of the molecule is CN(Cc1ccc2c(c1)OCCO2)C(=O)CN1C(=O)N[C@](C)(c2cccc(-n3cnnn3)c2)C1=O. The Morgan fingerprint density at radius 3 is 2.71 bits per heavy atom. The second-order valence-electron chi connectivity index (χ2n) is 8.48. The van der Waals surface area contributed by atoms with E-state index in [1.165, 1.54) is 15.9 Å². The molecule has 1 fully saturated rings. The Bertz CT molecular complexity index is 1300. The minimum Gasteiger partial charge on any atom is -0.486 e. The first-order chi connectivity index (χ1) is 16.8. The molecule has 4 amide bonds. The molecule has 1 aromatic heterocycles. The molecule has 0 bridgehead atoms. The Morgan fingerprint density at radius 1 is 1.14 bits per heavy atom. The average Bonchev–Trinajstić information content (AvgIpc) is 3.48. The Balaban J connectivity index is 1.28. The molecule has 3 aromatic rings. The van der Waals surface area contributed by atoms with Gasteiger partial charge in [-0.15, -0.1) is 5.10 Å². The maximum absolute atomic E-state index is 13.3. The molecule has 1 saturated heterocycles. The normalized spacial score (nSPS) is 19.0. The number of carbonyl (C=O) groups excluding carboxylic acids is 3. The molecular formula is C23H23N7O5. The maximum atomic E-state index is 13.3. The van der Waals surface area contributed by atoms with Gasteiger partial charge in [0.1, 0.15) is 31.6 Å². The van der Waals surface area contributed by atoms with Crippen LogP contribution in [-0.2, 0) is 21.7 Å². The summed E-state index contributed by atoms with van der Waals surface area (Å²) in [5, 5.41) is 13.8. The van der Waals surface area contributed by atoms with E-state index >= 15 is 0 Å². The van der Waals surface area contributed by atoms with E-state index in [1.807, 2.05) is 12.1 Å². The van der Waals surface area contributed by atoms with E-state index in [2.05, 4.69) is 20.8 Å². The van der Waals surface area contributed by atoms with E-state index in [0.717, 1.165) is 10.5 Å². The van der Waals surface area contributed by atoms with Crippen molar-refractivity contribution in [3.8, 4) is 17.2 Å². The van der Waals surface area contributed by atoms with Gasteiger partial charge in [-0.2, -0.15) is 0 Å². The summed E-state index contributed by atoms with van der Waals surface area (Å²) in [4.78, 5) is 41.3. The lowest BCUT2D eigenvalue weighted by atomic mass is 9.91. The summed E-state index contributed by atoms with van der Waals surface area (Å²) >= 11 is 0. The van der Waals surface area contributed by atoms with E-state index in [1.54, 1.807) is 44.3 Å². The number of tetrazole rings is 1. The van der Waals surface area contributed by atoms with Gasteiger partial charge in [0.2, 0.25) is 5.91 Å². The third kappa shape index (κ3) is 4.14. The van der Waals surface area contributed by atoms with E-state index in [-0.39, 0.29) is 19.0 Å². The number of amides is 4. The lowest BCUT2D eigenvalue weighted by molar-refractivity contribution is -0.138. The first-order valence-electron chi connectivity index (χ1n) is 11.0. The lowest BCUT2D eigenvalue weighted by Crippen LogP contribution is -2.43. The second-order valence-corrected chi connectivity index (χ2v) is 8.48. The first kappa shape index (κ1) is 22.3. The highest BCUT2D eigenvalue weighted by molar-refractivity contribution is 6.09. The fourth-order valence-electron chi connectivity index (χ4n) is 4.08. The number of rotatable bonds is 6. The summed E-state index contributed by atoms with van der Waals surface area (Å²) in [6, 6.07) is 11.8. The third-order valence-electron chi connectivity index (χ3n) is 6.06. The van der Waals surface area contributed by atoms with E-state index in [9.17, 15) is 14.4 Å². The zero-order valence-corrected chi connectivity index (χ0v) is 19.2. The smallest absolute Gasteiger partial charge is 0.325 e. The van der Waals surface area contributed by atoms with Crippen LogP contribution >= 0.6 is 0 Å². The molecule has 1 N–H and O–H groups in total. The van der Waals surface area contributed by atoms with Crippen LogP contribution in [0.15, 0.2) is 48.8 Å². The zero-order valence-electron chi connectivity index (χ0n) is 19.2. The van der Waals surface area contributed by atoms with E-state index < -0.39 is 17.5 Å². The summed E-state index contributed by atoms with van der Waals surface area (Å²) in [7, 11) is 1.62. The van der Waals surface area contributed by atoms with Crippen LogP contribution in [0.4, 0.5) is 4.79 Å². The molecule has 0 aliphatic carbocycles. The monoisotopic (exact) mass is 477 g/mol. The van der Waals surface area contributed by atoms with E-state index in [0.29, 0.717) is 36.0 Å². The number of benzene rings is 2. The van der Waals surface area contributed by atoms with Crippen molar-refractivity contribution < 1.29 is 23.9 Å². The number of fused-ring (bicyclic) bond motifs is 1. The number of hydrogen-bond donors (Lipinski definition) is 1. The van der Waals surface area contributed by atoms with Crippen LogP contribution in [0.5, 0.6) is 11.5 Å². The number of ether oxygens (including phenoxy) is 2. The molecule has 0 spiro atoms. The maximum Gasteiger partial charge on any atom is 0.325 e. The number of nitrogens with one attached hydrogen (secondary N) is 1. The van der Waals surface area contributed by atoms with Crippen molar-refractivity contribution in [3.63, 3.8) is 0 Å². The zero-order chi connectivity index (χ0) is 24.6. The number of urea groups is 1. The van der Waals surface area contributed by atoms with Gasteiger partial charge in [-0.3, -0.25) is 14.5 Å². The highest BCUT2D eigenvalue weighted by atomic mass is 16.6. The fraction of sp³-hybridized carbons (Fsp3) is 0.304. The summed E-state index contributed by atoms with van der Waals surface area (Å²) in [6.45, 7) is 2.47. The summed E-state index contributed by atoms with van der Waals surface area (Å²) in [5.41, 5.74) is 0.676. The van der Waals surface area contributed by atoms with Crippen LogP contribution in [0.3, 0.4) is 0 Å². The van der Waals surface area contributed by atoms with Gasteiger partial charge < -0.3 is 19.7 Å². The predicted octanol–water partition coefficient (Wildman–Crippen LogP) is 0.859. The number of carbonyl (C=O) groups is 3. The largest absolute Gasteiger partial charge is 0.486 e. The van der Waals surface area contributed by atoms with Crippen molar-refractivity contribution in [2.75, 3.05) is 26.8 Å². The number of likely N-dealkylation sites (N-methyl/N-ethyl adjacent to an activating group) is 1. The Kier molecular flexibility index (Phi) is 5.55. The van der Waals surface area contributed by atoms with Crippen molar-refractivity contribution in [2.45, 2.75) is 19.0 Å². The van der Waals surface area contributed by atoms with Gasteiger partial charge in [0.25, 0.3) is 5.91 Å². The molecule has 0 unspecified atom stereocenters. The van der Waals surface area contributed by atoms with Crippen molar-refractivity contribution in [1.29, 1.82) is 0 Å². The van der Waals surface area contributed by atoms with Crippen LogP contribution in [0.2, 0.25) is 0 Å². The number of imide groups is 1. The Hall–Kier alpha value is -4.48. The van der Waals surface area contributed by atoms with Gasteiger partial charge in [0.05, 0.1) is 5.69 Å². The summed E-state index contributed by atoms with van der Waals surface area (Å²) < 4.78 is 12.6. The molecule has 180 valence electrons. The quantitative estimate of drug-likeness (QED) is 0.517. The first-order valence-corrected chi connectivity index (χ1v) is 11.0. The predicted molar refractivity (Wildman–Crippen MR) is 121 cm³/mol. The van der Waals surface area contributed by atoms with Crippen LogP contribution in [-0.4, -0.2) is 74.7 Å². The van der Waals surface area contributed by atoms with Gasteiger partial charge >= 0.3 is 6.03 Å². The van der Waals surface area contributed by atoms with Crippen molar-refractivity contribution in [1.82, 2.24) is 35.3 Å². The molecule has 2 aliphatic heterocycles. The minimum absolute atomic E-state index is 0.282. The topological polar surface area (TPSA) is 132 Å². The number of nitrogens with zero attached hydrogens (tertiary/aromatic N) is 6. The number of aromatic nitrogens is 4. The third-order valence-corrected chi connectivity index (χ3v) is 6.06.